The second kappa shape index (κ2) is 6.30. The SMILES string of the molecule is CNc1cc(C(=O)NCc2ccc(F)c(F)c2)cc(C)n1. The second-order valence-corrected chi connectivity index (χ2v) is 4.56. The Morgan fingerprint density at radius 1 is 1.19 bits per heavy atom. The first-order valence-electron chi connectivity index (χ1n) is 6.38. The number of hydrogen-bond donors (Lipinski definition) is 2. The highest BCUT2D eigenvalue weighted by atomic mass is 19.2. The minimum absolute atomic E-state index is 0.117. The molecule has 110 valence electrons. The Balaban J connectivity index is 2.07. The lowest BCUT2D eigenvalue weighted by atomic mass is 10.2. The van der Waals surface area contributed by atoms with Gasteiger partial charge in [0.05, 0.1) is 0 Å². The van der Waals surface area contributed by atoms with Crippen LogP contribution in [0.3, 0.4) is 0 Å². The van der Waals surface area contributed by atoms with E-state index in [1.165, 1.54) is 6.07 Å². The fourth-order valence-corrected chi connectivity index (χ4v) is 1.86. The van der Waals surface area contributed by atoms with Gasteiger partial charge in [-0.1, -0.05) is 6.07 Å². The van der Waals surface area contributed by atoms with Crippen molar-refractivity contribution in [3.05, 3.63) is 58.8 Å². The van der Waals surface area contributed by atoms with E-state index in [2.05, 4.69) is 15.6 Å². The number of hydrogen-bond acceptors (Lipinski definition) is 3. The molecule has 0 bridgehead atoms. The summed E-state index contributed by atoms with van der Waals surface area (Å²) in [6.07, 6.45) is 0. The molecule has 1 heterocycles. The zero-order valence-corrected chi connectivity index (χ0v) is 11.7. The van der Waals surface area contributed by atoms with Gasteiger partial charge < -0.3 is 10.6 Å². The standard InChI is InChI=1S/C15H15F2N3O/c1-9-5-11(7-14(18-2)20-9)15(21)19-8-10-3-4-12(16)13(17)6-10/h3-7H,8H2,1-2H3,(H,18,20)(H,19,21). The van der Waals surface area contributed by atoms with Crippen LogP contribution in [0.4, 0.5) is 14.6 Å². The number of carbonyl (C=O) groups is 1. The first kappa shape index (κ1) is 14.9. The van der Waals surface area contributed by atoms with Gasteiger partial charge in [0.2, 0.25) is 0 Å². The Kier molecular flexibility index (Phi) is 4.47. The Morgan fingerprint density at radius 2 is 1.95 bits per heavy atom. The van der Waals surface area contributed by atoms with Crippen LogP contribution in [0.15, 0.2) is 30.3 Å². The minimum Gasteiger partial charge on any atom is -0.373 e. The molecule has 0 saturated heterocycles. The van der Waals surface area contributed by atoms with Crippen LogP contribution in [-0.4, -0.2) is 17.9 Å². The number of amides is 1. The van der Waals surface area contributed by atoms with Gasteiger partial charge in [0, 0.05) is 24.8 Å². The molecule has 0 aliphatic rings. The summed E-state index contributed by atoms with van der Waals surface area (Å²) in [4.78, 5) is 16.2. The van der Waals surface area contributed by atoms with Crippen molar-refractivity contribution in [2.45, 2.75) is 13.5 Å². The molecule has 21 heavy (non-hydrogen) atoms. The molecule has 0 spiro atoms. The number of nitrogens with zero attached hydrogens (tertiary/aromatic N) is 1. The summed E-state index contributed by atoms with van der Waals surface area (Å²) in [7, 11) is 1.71. The van der Waals surface area contributed by atoms with Crippen LogP contribution < -0.4 is 10.6 Å². The molecule has 0 saturated carbocycles. The quantitative estimate of drug-likeness (QED) is 0.910. The van der Waals surface area contributed by atoms with Gasteiger partial charge in [-0.3, -0.25) is 4.79 Å². The first-order chi connectivity index (χ1) is 9.99. The zero-order chi connectivity index (χ0) is 15.4. The van der Waals surface area contributed by atoms with Gasteiger partial charge in [-0.05, 0) is 36.8 Å². The normalized spacial score (nSPS) is 10.3. The number of benzene rings is 1. The Hall–Kier alpha value is -2.50. The van der Waals surface area contributed by atoms with Crippen molar-refractivity contribution in [1.82, 2.24) is 10.3 Å². The maximum absolute atomic E-state index is 13.1. The van der Waals surface area contributed by atoms with Gasteiger partial charge in [0.25, 0.3) is 5.91 Å². The number of rotatable bonds is 4. The monoisotopic (exact) mass is 291 g/mol. The Morgan fingerprint density at radius 3 is 2.62 bits per heavy atom. The van der Waals surface area contributed by atoms with Crippen molar-refractivity contribution in [2.75, 3.05) is 12.4 Å². The third-order valence-corrected chi connectivity index (χ3v) is 2.91. The van der Waals surface area contributed by atoms with Crippen molar-refractivity contribution in [1.29, 1.82) is 0 Å². The third kappa shape index (κ3) is 3.75. The van der Waals surface area contributed by atoms with Gasteiger partial charge in [-0.15, -0.1) is 0 Å². The van der Waals surface area contributed by atoms with Crippen LogP contribution >= 0.6 is 0 Å². The molecular formula is C15H15F2N3O. The van der Waals surface area contributed by atoms with E-state index in [0.717, 1.165) is 12.1 Å². The average Bonchev–Trinajstić information content (AvgIpc) is 2.47. The average molecular weight is 291 g/mol. The Bertz CT molecular complexity index is 674. The van der Waals surface area contributed by atoms with Gasteiger partial charge in [-0.2, -0.15) is 0 Å². The molecule has 0 aliphatic carbocycles. The van der Waals surface area contributed by atoms with Crippen molar-refractivity contribution in [3.63, 3.8) is 0 Å². The fraction of sp³-hybridized carbons (Fsp3) is 0.200. The third-order valence-electron chi connectivity index (χ3n) is 2.91. The summed E-state index contributed by atoms with van der Waals surface area (Å²) in [6.45, 7) is 1.90. The molecular weight excluding hydrogens is 276 g/mol. The summed E-state index contributed by atoms with van der Waals surface area (Å²) in [5.74, 6) is -1.55. The molecule has 0 atom stereocenters. The lowest BCUT2D eigenvalue weighted by Gasteiger charge is -2.08. The number of aromatic nitrogens is 1. The fourth-order valence-electron chi connectivity index (χ4n) is 1.86. The van der Waals surface area contributed by atoms with E-state index in [1.807, 2.05) is 0 Å². The summed E-state index contributed by atoms with van der Waals surface area (Å²) in [6, 6.07) is 6.80. The molecule has 0 aliphatic heterocycles. The molecule has 0 unspecified atom stereocenters. The van der Waals surface area contributed by atoms with Gasteiger partial charge >= 0.3 is 0 Å². The Labute approximate surface area is 121 Å². The van der Waals surface area contributed by atoms with E-state index < -0.39 is 11.6 Å². The van der Waals surface area contributed by atoms with E-state index >= 15 is 0 Å². The maximum atomic E-state index is 13.1. The highest BCUT2D eigenvalue weighted by molar-refractivity contribution is 5.94. The summed E-state index contributed by atoms with van der Waals surface area (Å²) in [5, 5.41) is 5.53. The van der Waals surface area contributed by atoms with Crippen LogP contribution in [0.1, 0.15) is 21.6 Å². The predicted molar refractivity (Wildman–Crippen MR) is 76.0 cm³/mol. The first-order valence-corrected chi connectivity index (χ1v) is 6.38. The maximum Gasteiger partial charge on any atom is 0.251 e. The molecule has 2 rings (SSSR count). The molecule has 6 heteroatoms. The van der Waals surface area contributed by atoms with E-state index in [1.54, 1.807) is 26.1 Å². The van der Waals surface area contributed by atoms with Crippen molar-refractivity contribution in [2.24, 2.45) is 0 Å². The molecule has 1 amide bonds. The highest BCUT2D eigenvalue weighted by Crippen LogP contribution is 2.11. The lowest BCUT2D eigenvalue weighted by Crippen LogP contribution is -2.23. The minimum atomic E-state index is -0.932. The largest absolute Gasteiger partial charge is 0.373 e. The van der Waals surface area contributed by atoms with E-state index in [0.29, 0.717) is 22.6 Å². The molecule has 2 aromatic rings. The topological polar surface area (TPSA) is 54.0 Å². The van der Waals surface area contributed by atoms with Crippen LogP contribution in [0.2, 0.25) is 0 Å². The lowest BCUT2D eigenvalue weighted by molar-refractivity contribution is 0.0950. The van der Waals surface area contributed by atoms with Gasteiger partial charge in [0.15, 0.2) is 11.6 Å². The summed E-state index contributed by atoms with van der Waals surface area (Å²) < 4.78 is 25.9. The number of pyridine rings is 1. The molecule has 0 fully saturated rings. The van der Waals surface area contributed by atoms with Gasteiger partial charge in [-0.25, -0.2) is 13.8 Å². The van der Waals surface area contributed by atoms with Crippen molar-refractivity contribution < 1.29 is 13.6 Å². The molecule has 1 aromatic heterocycles. The number of carbonyl (C=O) groups excluding carboxylic acids is 1. The molecule has 2 N–H and O–H groups in total. The second-order valence-electron chi connectivity index (χ2n) is 4.56. The highest BCUT2D eigenvalue weighted by Gasteiger charge is 2.09. The summed E-state index contributed by atoms with van der Waals surface area (Å²) >= 11 is 0. The molecule has 0 radical (unpaired) electrons. The van der Waals surface area contributed by atoms with E-state index in [9.17, 15) is 13.6 Å². The summed E-state index contributed by atoms with van der Waals surface area (Å²) in [5.41, 5.74) is 1.65. The van der Waals surface area contributed by atoms with Crippen molar-refractivity contribution in [3.8, 4) is 0 Å². The number of nitrogens with one attached hydrogen (secondary N) is 2. The van der Waals surface area contributed by atoms with E-state index in [-0.39, 0.29) is 12.5 Å². The number of anilines is 1. The van der Waals surface area contributed by atoms with Crippen LogP contribution in [-0.2, 0) is 6.54 Å². The van der Waals surface area contributed by atoms with Crippen LogP contribution in [0.5, 0.6) is 0 Å². The number of halogens is 2. The molecule has 4 nitrogen and oxygen atoms in total. The molecule has 1 aromatic carbocycles. The van der Waals surface area contributed by atoms with E-state index in [4.69, 9.17) is 0 Å². The zero-order valence-electron chi connectivity index (χ0n) is 11.7. The van der Waals surface area contributed by atoms with Crippen molar-refractivity contribution >= 4 is 11.7 Å². The van der Waals surface area contributed by atoms with Crippen LogP contribution in [0.25, 0.3) is 0 Å². The number of aryl methyl sites for hydroxylation is 1. The predicted octanol–water partition coefficient (Wildman–Crippen LogP) is 2.64. The smallest absolute Gasteiger partial charge is 0.251 e. The van der Waals surface area contributed by atoms with Crippen LogP contribution in [0, 0.1) is 18.6 Å². The van der Waals surface area contributed by atoms with Gasteiger partial charge in [0.1, 0.15) is 5.82 Å².